The van der Waals surface area contributed by atoms with Crippen LogP contribution in [0, 0.1) is 0 Å². The normalized spacial score (nSPS) is 28.3. The molecule has 1 N–H and O–H groups in total. The average Bonchev–Trinajstić information content (AvgIpc) is 2.43. The number of benzene rings is 1. The Morgan fingerprint density at radius 3 is 2.14 bits per heavy atom. The Hall–Kier alpha value is -0.860. The fraction of sp³-hybridized carbons (Fsp3) is 0.684. The number of likely N-dealkylation sites (tertiary alicyclic amines) is 1. The molecule has 1 saturated carbocycles. The van der Waals surface area contributed by atoms with Crippen LogP contribution in [0.15, 0.2) is 30.3 Å². The van der Waals surface area contributed by atoms with Crippen LogP contribution in [-0.4, -0.2) is 35.6 Å². The highest BCUT2D eigenvalue weighted by Gasteiger charge is 2.33. The van der Waals surface area contributed by atoms with Crippen molar-refractivity contribution in [3.8, 4) is 0 Å². The average molecular weight is 286 g/mol. The molecule has 0 bridgehead atoms. The molecule has 21 heavy (non-hydrogen) atoms. The van der Waals surface area contributed by atoms with E-state index in [1.165, 1.54) is 44.3 Å². The largest absolute Gasteiger partial charge is 0.311 e. The van der Waals surface area contributed by atoms with Crippen LogP contribution >= 0.6 is 0 Å². The second-order valence-corrected chi connectivity index (χ2v) is 7.87. The van der Waals surface area contributed by atoms with E-state index in [9.17, 15) is 0 Å². The maximum Gasteiger partial charge on any atom is 0.0125 e. The molecule has 1 heterocycles. The zero-order valence-electron chi connectivity index (χ0n) is 13.8. The summed E-state index contributed by atoms with van der Waals surface area (Å²) in [6, 6.07) is 12.5. The highest BCUT2D eigenvalue weighted by atomic mass is 15.2. The van der Waals surface area contributed by atoms with Gasteiger partial charge in [-0.15, -0.1) is 0 Å². The fourth-order valence-electron chi connectivity index (χ4n) is 3.80. The molecule has 2 aliphatic rings. The van der Waals surface area contributed by atoms with Crippen molar-refractivity contribution in [3.63, 3.8) is 0 Å². The first kappa shape index (κ1) is 15.1. The summed E-state index contributed by atoms with van der Waals surface area (Å²) in [6.45, 7) is 9.48. The fourth-order valence-corrected chi connectivity index (χ4v) is 3.80. The minimum atomic E-state index is 0.333. The molecule has 0 amide bonds. The van der Waals surface area contributed by atoms with Gasteiger partial charge in [0.2, 0.25) is 0 Å². The number of rotatable bonds is 3. The maximum atomic E-state index is 3.90. The Morgan fingerprint density at radius 2 is 1.57 bits per heavy atom. The standard InChI is InChI=1S/C19H30N2/c1-19(2,3)21-11-9-17(10-12-21)20-18-13-16(14-18)15-7-5-4-6-8-15/h4-8,16-18,20H,9-14H2,1-3H3. The van der Waals surface area contributed by atoms with E-state index in [1.807, 2.05) is 0 Å². The van der Waals surface area contributed by atoms with Gasteiger partial charge < -0.3 is 5.32 Å². The van der Waals surface area contributed by atoms with Gasteiger partial charge >= 0.3 is 0 Å². The zero-order chi connectivity index (χ0) is 14.9. The molecule has 1 aliphatic carbocycles. The molecule has 1 aromatic rings. The predicted octanol–water partition coefficient (Wildman–Crippen LogP) is 3.79. The lowest BCUT2D eigenvalue weighted by Crippen LogP contribution is -2.53. The van der Waals surface area contributed by atoms with E-state index < -0.39 is 0 Å². The van der Waals surface area contributed by atoms with Crippen molar-refractivity contribution in [2.75, 3.05) is 13.1 Å². The summed E-state index contributed by atoms with van der Waals surface area (Å²) in [6.07, 6.45) is 5.26. The van der Waals surface area contributed by atoms with Crippen LogP contribution in [0.4, 0.5) is 0 Å². The van der Waals surface area contributed by atoms with E-state index >= 15 is 0 Å². The molecule has 0 aromatic heterocycles. The molecule has 1 saturated heterocycles. The quantitative estimate of drug-likeness (QED) is 0.909. The van der Waals surface area contributed by atoms with Gasteiger partial charge in [-0.3, -0.25) is 4.90 Å². The van der Waals surface area contributed by atoms with Crippen LogP contribution in [0.3, 0.4) is 0 Å². The van der Waals surface area contributed by atoms with Crippen LogP contribution in [0.5, 0.6) is 0 Å². The van der Waals surface area contributed by atoms with E-state index in [1.54, 1.807) is 0 Å². The van der Waals surface area contributed by atoms with E-state index in [-0.39, 0.29) is 0 Å². The number of nitrogens with one attached hydrogen (secondary N) is 1. The van der Waals surface area contributed by atoms with Gasteiger partial charge in [0.25, 0.3) is 0 Å². The number of hydrogen-bond donors (Lipinski definition) is 1. The number of hydrogen-bond acceptors (Lipinski definition) is 2. The first-order valence-corrected chi connectivity index (χ1v) is 8.58. The highest BCUT2D eigenvalue weighted by molar-refractivity contribution is 5.22. The maximum absolute atomic E-state index is 3.90. The van der Waals surface area contributed by atoms with Gasteiger partial charge in [0.1, 0.15) is 0 Å². The molecule has 2 nitrogen and oxygen atoms in total. The second-order valence-electron chi connectivity index (χ2n) is 7.87. The number of nitrogens with zero attached hydrogens (tertiary/aromatic N) is 1. The van der Waals surface area contributed by atoms with Crippen LogP contribution in [0.1, 0.15) is 57.9 Å². The summed E-state index contributed by atoms with van der Waals surface area (Å²) in [4.78, 5) is 2.62. The Balaban J connectivity index is 1.40. The first-order chi connectivity index (χ1) is 10.0. The van der Waals surface area contributed by atoms with Gasteiger partial charge in [-0.1, -0.05) is 30.3 Å². The first-order valence-electron chi connectivity index (χ1n) is 8.58. The lowest BCUT2D eigenvalue weighted by atomic mass is 9.75. The van der Waals surface area contributed by atoms with E-state index in [0.717, 1.165) is 18.0 Å². The molecule has 1 aromatic carbocycles. The summed E-state index contributed by atoms with van der Waals surface area (Å²) in [5, 5.41) is 3.90. The minimum absolute atomic E-state index is 0.333. The topological polar surface area (TPSA) is 15.3 Å². The zero-order valence-corrected chi connectivity index (χ0v) is 13.8. The molecule has 2 heteroatoms. The van der Waals surface area contributed by atoms with Crippen molar-refractivity contribution in [1.82, 2.24) is 10.2 Å². The SMILES string of the molecule is CC(C)(C)N1CCC(NC2CC(c3ccccc3)C2)CC1. The van der Waals surface area contributed by atoms with Crippen molar-refractivity contribution < 1.29 is 0 Å². The van der Waals surface area contributed by atoms with Gasteiger partial charge in [0, 0.05) is 30.7 Å². The van der Waals surface area contributed by atoms with Gasteiger partial charge in [0.05, 0.1) is 0 Å². The molecule has 0 radical (unpaired) electrons. The van der Waals surface area contributed by atoms with Crippen LogP contribution < -0.4 is 5.32 Å². The summed E-state index contributed by atoms with van der Waals surface area (Å²) in [5.74, 6) is 0.790. The second kappa shape index (κ2) is 6.10. The van der Waals surface area contributed by atoms with E-state index in [0.29, 0.717) is 5.54 Å². The summed E-state index contributed by atoms with van der Waals surface area (Å²) < 4.78 is 0. The van der Waals surface area contributed by atoms with Crippen molar-refractivity contribution in [2.24, 2.45) is 0 Å². The molecule has 0 unspecified atom stereocenters. The smallest absolute Gasteiger partial charge is 0.0125 e. The number of piperidine rings is 1. The lowest BCUT2D eigenvalue weighted by Gasteiger charge is -2.44. The third-order valence-electron chi connectivity index (χ3n) is 5.32. The lowest BCUT2D eigenvalue weighted by molar-refractivity contribution is 0.0890. The monoisotopic (exact) mass is 286 g/mol. The molecule has 0 atom stereocenters. The summed E-state index contributed by atoms with van der Waals surface area (Å²) in [5.41, 5.74) is 1.86. The Bertz CT molecular complexity index is 434. The van der Waals surface area contributed by atoms with Gasteiger partial charge in [-0.05, 0) is 57.9 Å². The molecule has 2 fully saturated rings. The van der Waals surface area contributed by atoms with E-state index in [4.69, 9.17) is 0 Å². The predicted molar refractivity (Wildman–Crippen MR) is 89.7 cm³/mol. The molecular weight excluding hydrogens is 256 g/mol. The van der Waals surface area contributed by atoms with Crippen molar-refractivity contribution in [1.29, 1.82) is 0 Å². The third kappa shape index (κ3) is 3.67. The summed E-state index contributed by atoms with van der Waals surface area (Å²) >= 11 is 0. The van der Waals surface area contributed by atoms with Crippen molar-refractivity contribution >= 4 is 0 Å². The van der Waals surface area contributed by atoms with Gasteiger partial charge in [0.15, 0.2) is 0 Å². The van der Waals surface area contributed by atoms with Crippen LogP contribution in [0.2, 0.25) is 0 Å². The molecule has 1 aliphatic heterocycles. The molecular formula is C19H30N2. The highest BCUT2D eigenvalue weighted by Crippen LogP contribution is 2.37. The Kier molecular flexibility index (Phi) is 4.37. The minimum Gasteiger partial charge on any atom is -0.311 e. The van der Waals surface area contributed by atoms with Gasteiger partial charge in [-0.25, -0.2) is 0 Å². The van der Waals surface area contributed by atoms with Crippen LogP contribution in [-0.2, 0) is 0 Å². The van der Waals surface area contributed by atoms with E-state index in [2.05, 4.69) is 61.3 Å². The third-order valence-corrected chi connectivity index (χ3v) is 5.32. The molecule has 116 valence electrons. The Morgan fingerprint density at radius 1 is 0.952 bits per heavy atom. The van der Waals surface area contributed by atoms with Crippen molar-refractivity contribution in [2.45, 2.75) is 70.0 Å². The molecule has 3 rings (SSSR count). The molecule has 0 spiro atoms. The van der Waals surface area contributed by atoms with Crippen molar-refractivity contribution in [3.05, 3.63) is 35.9 Å². The van der Waals surface area contributed by atoms with Crippen LogP contribution in [0.25, 0.3) is 0 Å². The van der Waals surface area contributed by atoms with Gasteiger partial charge in [-0.2, -0.15) is 0 Å². The summed E-state index contributed by atoms with van der Waals surface area (Å²) in [7, 11) is 0. The Labute approximate surface area is 129 Å².